The zero-order valence-electron chi connectivity index (χ0n) is 25.2. The van der Waals surface area contributed by atoms with E-state index in [1.165, 1.54) is 16.7 Å². The zero-order chi connectivity index (χ0) is 31.2. The van der Waals surface area contributed by atoms with Gasteiger partial charge in [-0.3, -0.25) is 9.69 Å². The summed E-state index contributed by atoms with van der Waals surface area (Å²) in [6, 6.07) is 2.45. The van der Waals surface area contributed by atoms with Crippen molar-refractivity contribution in [3.8, 4) is 17.3 Å². The molecule has 14 heteroatoms. The second-order valence-corrected chi connectivity index (χ2v) is 14.2. The number of hydrogen-bond acceptors (Lipinski definition) is 10. The van der Waals surface area contributed by atoms with E-state index in [2.05, 4.69) is 20.2 Å². The number of pyridine rings is 1. The molecular formula is C31H35F3N8O2S. The van der Waals surface area contributed by atoms with Gasteiger partial charge in [0.25, 0.3) is 5.56 Å². The molecule has 1 aromatic carbocycles. The van der Waals surface area contributed by atoms with Gasteiger partial charge in [-0.1, -0.05) is 11.3 Å². The van der Waals surface area contributed by atoms with Crippen molar-refractivity contribution in [1.82, 2.24) is 29.7 Å². The minimum Gasteiger partial charge on any atom is -0.461 e. The van der Waals surface area contributed by atoms with Crippen LogP contribution in [0.1, 0.15) is 52.0 Å². The summed E-state index contributed by atoms with van der Waals surface area (Å²) in [5, 5.41) is 3.67. The molecule has 6 heterocycles. The molecule has 0 amide bonds. The Kier molecular flexibility index (Phi) is 6.77. The van der Waals surface area contributed by atoms with E-state index >= 15 is 4.39 Å². The van der Waals surface area contributed by atoms with Crippen LogP contribution in [0.2, 0.25) is 0 Å². The fourth-order valence-corrected chi connectivity index (χ4v) is 8.34. The van der Waals surface area contributed by atoms with E-state index in [9.17, 15) is 13.6 Å². The number of nitrogens with zero attached hydrogens (tertiary/aromatic N) is 6. The Morgan fingerprint density at radius 2 is 1.98 bits per heavy atom. The SMILES string of the molecule is C[C@@H]1CN(c2nc(OC[C@@]34CCCN3C[C@H](F)C4)nc3c(F)c(-c4ccc(F)c5sc(N)nc45)n(C4CC4)c(=O)c23)[C@@H](C)CN1. The number of ether oxygens (including phenoxy) is 1. The third-order valence-corrected chi connectivity index (χ3v) is 10.8. The lowest BCUT2D eigenvalue weighted by Gasteiger charge is -2.39. The highest BCUT2D eigenvalue weighted by atomic mass is 32.1. The van der Waals surface area contributed by atoms with Gasteiger partial charge < -0.3 is 25.3 Å². The maximum atomic E-state index is 17.2. The van der Waals surface area contributed by atoms with Crippen LogP contribution >= 0.6 is 11.3 Å². The first-order chi connectivity index (χ1) is 21.6. The fraction of sp³-hybridized carbons (Fsp3) is 0.548. The Morgan fingerprint density at radius 1 is 1.16 bits per heavy atom. The zero-order valence-corrected chi connectivity index (χ0v) is 26.0. The van der Waals surface area contributed by atoms with Crippen LogP contribution in [-0.4, -0.2) is 81.0 Å². The van der Waals surface area contributed by atoms with Gasteiger partial charge in [0.1, 0.15) is 35.3 Å². The summed E-state index contributed by atoms with van der Waals surface area (Å²) in [6.07, 6.45) is 2.58. The number of nitrogens with one attached hydrogen (secondary N) is 1. The smallest absolute Gasteiger partial charge is 0.319 e. The summed E-state index contributed by atoms with van der Waals surface area (Å²) < 4.78 is 54.4. The van der Waals surface area contributed by atoms with Crippen LogP contribution in [-0.2, 0) is 0 Å². The topological polar surface area (TPSA) is 114 Å². The monoisotopic (exact) mass is 640 g/mol. The number of nitrogen functional groups attached to an aromatic ring is 1. The van der Waals surface area contributed by atoms with Crippen LogP contribution in [0, 0.1) is 11.6 Å². The van der Waals surface area contributed by atoms with Crippen LogP contribution in [0.3, 0.4) is 0 Å². The lowest BCUT2D eigenvalue weighted by Crippen LogP contribution is -2.55. The van der Waals surface area contributed by atoms with Crippen LogP contribution in [0.4, 0.5) is 24.1 Å². The number of hydrogen-bond donors (Lipinski definition) is 2. The Labute approximate surface area is 261 Å². The molecule has 10 nitrogen and oxygen atoms in total. The quantitative estimate of drug-likeness (QED) is 0.317. The molecule has 0 spiro atoms. The number of benzene rings is 1. The van der Waals surface area contributed by atoms with Crippen molar-refractivity contribution in [2.75, 3.05) is 43.4 Å². The van der Waals surface area contributed by atoms with Crippen LogP contribution in [0.5, 0.6) is 6.01 Å². The van der Waals surface area contributed by atoms with Crippen molar-refractivity contribution in [3.05, 3.63) is 34.1 Å². The van der Waals surface area contributed by atoms with Gasteiger partial charge >= 0.3 is 6.01 Å². The molecule has 4 fully saturated rings. The fourth-order valence-electron chi connectivity index (χ4n) is 7.57. The average Bonchev–Trinajstić information content (AvgIpc) is 3.53. The standard InChI is InChI=1S/C31H35F3N8O2S/c1-15-12-41(16(2)11-36-15)27-21-24(38-30(39-27)44-14-31-8-3-9-40(31)13-17(32)10-31)22(34)25(42(28(21)43)18-4-5-18)19-6-7-20(33)26-23(19)37-29(35)45-26/h6-7,15-18,36H,3-5,8-14H2,1-2H3,(H2,35,37)/t15-,16+,17-,31+/m1/s1. The van der Waals surface area contributed by atoms with Gasteiger partial charge in [0.2, 0.25) is 0 Å². The second-order valence-electron chi connectivity index (χ2n) is 13.1. The summed E-state index contributed by atoms with van der Waals surface area (Å²) in [4.78, 5) is 32.3. The number of rotatable bonds is 6. The lowest BCUT2D eigenvalue weighted by molar-refractivity contribution is 0.107. The van der Waals surface area contributed by atoms with E-state index in [1.807, 2.05) is 18.7 Å². The number of halogens is 3. The largest absolute Gasteiger partial charge is 0.461 e. The van der Waals surface area contributed by atoms with E-state index in [4.69, 9.17) is 15.5 Å². The van der Waals surface area contributed by atoms with Gasteiger partial charge in [0.05, 0.1) is 21.4 Å². The Morgan fingerprint density at radius 3 is 2.78 bits per heavy atom. The second kappa shape index (κ2) is 10.5. The molecule has 238 valence electrons. The maximum absolute atomic E-state index is 17.2. The number of anilines is 2. The van der Waals surface area contributed by atoms with Crippen LogP contribution in [0.15, 0.2) is 16.9 Å². The van der Waals surface area contributed by atoms with Gasteiger partial charge in [-0.25, -0.2) is 18.2 Å². The van der Waals surface area contributed by atoms with Gasteiger partial charge in [-0.15, -0.1) is 0 Å². The molecule has 3 aliphatic heterocycles. The van der Waals surface area contributed by atoms with Gasteiger partial charge in [0, 0.05) is 49.7 Å². The molecule has 4 aromatic rings. The van der Waals surface area contributed by atoms with Crippen molar-refractivity contribution in [1.29, 1.82) is 0 Å². The normalized spacial score (nSPS) is 27.1. The Hall–Kier alpha value is -3.49. The van der Waals surface area contributed by atoms with Gasteiger partial charge in [0.15, 0.2) is 10.9 Å². The first kappa shape index (κ1) is 28.9. The van der Waals surface area contributed by atoms with E-state index in [1.54, 1.807) is 0 Å². The molecule has 3 saturated heterocycles. The number of thiazole rings is 1. The minimum absolute atomic E-state index is 0.000692. The maximum Gasteiger partial charge on any atom is 0.319 e. The summed E-state index contributed by atoms with van der Waals surface area (Å²) >= 11 is 0.974. The minimum atomic E-state index is -0.932. The van der Waals surface area contributed by atoms with E-state index in [0.717, 1.165) is 30.7 Å². The van der Waals surface area contributed by atoms with Crippen molar-refractivity contribution >= 4 is 43.4 Å². The van der Waals surface area contributed by atoms with Crippen LogP contribution in [0.25, 0.3) is 32.4 Å². The number of piperazine rings is 1. The molecule has 0 unspecified atom stereocenters. The number of fused-ring (bicyclic) bond motifs is 3. The van der Waals surface area contributed by atoms with E-state index < -0.39 is 28.9 Å². The first-order valence-corrected chi connectivity index (χ1v) is 16.5. The molecule has 1 aliphatic carbocycles. The third-order valence-electron chi connectivity index (χ3n) is 9.91. The van der Waals surface area contributed by atoms with Gasteiger partial charge in [-0.2, -0.15) is 9.97 Å². The van der Waals surface area contributed by atoms with Crippen molar-refractivity contribution in [2.24, 2.45) is 0 Å². The highest BCUT2D eigenvalue weighted by Gasteiger charge is 2.49. The molecule has 4 atom stereocenters. The summed E-state index contributed by atoms with van der Waals surface area (Å²) in [6.45, 7) is 6.59. The third kappa shape index (κ3) is 4.66. The average molecular weight is 641 g/mol. The molecule has 8 rings (SSSR count). The molecule has 0 bridgehead atoms. The van der Waals surface area contributed by atoms with Crippen molar-refractivity contribution in [3.63, 3.8) is 0 Å². The first-order valence-electron chi connectivity index (χ1n) is 15.7. The molecular weight excluding hydrogens is 605 g/mol. The highest BCUT2D eigenvalue weighted by molar-refractivity contribution is 7.22. The Bertz CT molecular complexity index is 1900. The highest BCUT2D eigenvalue weighted by Crippen LogP contribution is 2.44. The number of aromatic nitrogens is 4. The number of alkyl halides is 1. The van der Waals surface area contributed by atoms with E-state index in [0.29, 0.717) is 44.7 Å². The van der Waals surface area contributed by atoms with Crippen molar-refractivity contribution < 1.29 is 17.9 Å². The molecule has 4 aliphatic rings. The molecule has 1 saturated carbocycles. The Balaban J connectivity index is 1.35. The summed E-state index contributed by atoms with van der Waals surface area (Å²) in [5.74, 6) is -0.932. The van der Waals surface area contributed by atoms with Gasteiger partial charge in [-0.05, 0) is 58.2 Å². The van der Waals surface area contributed by atoms with E-state index in [-0.39, 0.29) is 68.3 Å². The molecule has 45 heavy (non-hydrogen) atoms. The molecule has 3 aromatic heterocycles. The number of nitrogens with two attached hydrogens (primary N) is 1. The molecule has 0 radical (unpaired) electrons. The molecule has 3 N–H and O–H groups in total. The summed E-state index contributed by atoms with van der Waals surface area (Å²) in [7, 11) is 0. The predicted octanol–water partition coefficient (Wildman–Crippen LogP) is 4.41. The van der Waals surface area contributed by atoms with Crippen LogP contribution < -0.4 is 26.2 Å². The predicted molar refractivity (Wildman–Crippen MR) is 168 cm³/mol. The summed E-state index contributed by atoms with van der Waals surface area (Å²) in [5.41, 5.74) is 5.38. The van der Waals surface area contributed by atoms with Crippen molar-refractivity contribution in [2.45, 2.75) is 75.8 Å². The lowest BCUT2D eigenvalue weighted by atomic mass is 9.95.